The van der Waals surface area contributed by atoms with Crippen molar-refractivity contribution in [2.45, 2.75) is 32.8 Å². The highest BCUT2D eigenvalue weighted by atomic mass is 32.1. The first-order valence-corrected chi connectivity index (χ1v) is 9.00. The van der Waals surface area contributed by atoms with Crippen LogP contribution in [0.1, 0.15) is 25.3 Å². The molecule has 0 bridgehead atoms. The zero-order chi connectivity index (χ0) is 17.3. The van der Waals surface area contributed by atoms with Crippen molar-refractivity contribution in [1.29, 1.82) is 0 Å². The van der Waals surface area contributed by atoms with Gasteiger partial charge in [0.15, 0.2) is 0 Å². The van der Waals surface area contributed by atoms with E-state index in [-0.39, 0.29) is 11.9 Å². The minimum Gasteiger partial charge on any atom is -0.472 e. The van der Waals surface area contributed by atoms with E-state index in [4.69, 9.17) is 10.5 Å². The molecule has 0 aliphatic carbocycles. The van der Waals surface area contributed by atoms with E-state index in [0.717, 1.165) is 34.2 Å². The lowest BCUT2D eigenvalue weighted by atomic mass is 10.1. The molecule has 6 heteroatoms. The van der Waals surface area contributed by atoms with Crippen molar-refractivity contribution in [3.05, 3.63) is 35.0 Å². The molecule has 2 N–H and O–H groups in total. The molecule has 0 spiro atoms. The highest BCUT2D eigenvalue weighted by molar-refractivity contribution is 7.18. The van der Waals surface area contributed by atoms with Gasteiger partial charge in [0, 0.05) is 23.6 Å². The fourth-order valence-electron chi connectivity index (χ4n) is 2.85. The Kier molecular flexibility index (Phi) is 4.87. The Balaban J connectivity index is 2.04. The topological polar surface area (TPSA) is 53.1 Å². The molecule has 2 heterocycles. The number of hydrogen-bond acceptors (Lipinski definition) is 4. The van der Waals surface area contributed by atoms with E-state index >= 15 is 0 Å². The maximum absolute atomic E-state index is 14.4. The molecule has 1 unspecified atom stereocenters. The molecule has 0 aliphatic heterocycles. The monoisotopic (exact) mass is 347 g/mol. The summed E-state index contributed by atoms with van der Waals surface area (Å²) in [6.07, 6.45) is 1.72. The molecular formula is C18H22FN3OS. The van der Waals surface area contributed by atoms with Gasteiger partial charge >= 0.3 is 0 Å². The molecule has 1 aromatic carbocycles. The van der Waals surface area contributed by atoms with Crippen LogP contribution >= 0.6 is 11.3 Å². The maximum Gasteiger partial charge on any atom is 0.251 e. The summed E-state index contributed by atoms with van der Waals surface area (Å²) in [5, 5.41) is 6.46. The first kappa shape index (κ1) is 16.9. The second-order valence-corrected chi connectivity index (χ2v) is 6.84. The molecule has 3 aromatic rings. The number of nitrogens with zero attached hydrogens (tertiary/aromatic N) is 2. The first-order chi connectivity index (χ1) is 11.5. The fraction of sp³-hybridized carbons (Fsp3) is 0.389. The third-order valence-electron chi connectivity index (χ3n) is 4.16. The summed E-state index contributed by atoms with van der Waals surface area (Å²) in [6, 6.07) is 5.30. The summed E-state index contributed by atoms with van der Waals surface area (Å²) in [6.45, 7) is 4.54. The molecule has 0 saturated heterocycles. The Morgan fingerprint density at radius 1 is 1.38 bits per heavy atom. The minimum atomic E-state index is -0.215. The molecule has 128 valence electrons. The van der Waals surface area contributed by atoms with Crippen molar-refractivity contribution in [2.24, 2.45) is 12.8 Å². The largest absolute Gasteiger partial charge is 0.472 e. The predicted molar refractivity (Wildman–Crippen MR) is 97.1 cm³/mol. The molecule has 2 aromatic heterocycles. The third kappa shape index (κ3) is 3.03. The number of ether oxygens (including phenoxy) is 1. The minimum absolute atomic E-state index is 0.0507. The summed E-state index contributed by atoms with van der Waals surface area (Å²) in [7, 11) is 1.86. The van der Waals surface area contributed by atoms with Crippen molar-refractivity contribution in [3.63, 3.8) is 0 Å². The highest BCUT2D eigenvalue weighted by Gasteiger charge is 2.20. The molecule has 0 radical (unpaired) electrons. The smallest absolute Gasteiger partial charge is 0.251 e. The third-order valence-corrected chi connectivity index (χ3v) is 5.12. The van der Waals surface area contributed by atoms with Gasteiger partial charge in [0.1, 0.15) is 16.6 Å². The molecule has 24 heavy (non-hydrogen) atoms. The second kappa shape index (κ2) is 6.91. The molecule has 0 fully saturated rings. The van der Waals surface area contributed by atoms with Crippen LogP contribution in [0.2, 0.25) is 0 Å². The van der Waals surface area contributed by atoms with Crippen molar-refractivity contribution < 1.29 is 9.13 Å². The van der Waals surface area contributed by atoms with Crippen LogP contribution in [0, 0.1) is 12.7 Å². The number of fused-ring (bicyclic) bond motifs is 1. The number of rotatable bonds is 6. The SMILES string of the molecule is CCC(CCN)Oc1nn(C)c2c(-c3ccc(C)cc3F)csc12. The number of benzene rings is 1. The quantitative estimate of drug-likeness (QED) is 0.725. The average molecular weight is 347 g/mol. The second-order valence-electron chi connectivity index (χ2n) is 5.96. The summed E-state index contributed by atoms with van der Waals surface area (Å²) in [5.41, 5.74) is 8.89. The van der Waals surface area contributed by atoms with E-state index in [2.05, 4.69) is 12.0 Å². The van der Waals surface area contributed by atoms with E-state index in [9.17, 15) is 4.39 Å². The van der Waals surface area contributed by atoms with Crippen LogP contribution in [-0.4, -0.2) is 22.4 Å². The summed E-state index contributed by atoms with van der Waals surface area (Å²) in [5.74, 6) is 0.393. The Labute approximate surface area is 145 Å². The normalized spacial score (nSPS) is 12.7. The lowest BCUT2D eigenvalue weighted by Crippen LogP contribution is -2.20. The van der Waals surface area contributed by atoms with Crippen LogP contribution in [0.3, 0.4) is 0 Å². The zero-order valence-electron chi connectivity index (χ0n) is 14.2. The van der Waals surface area contributed by atoms with E-state index in [1.165, 1.54) is 11.3 Å². The van der Waals surface area contributed by atoms with Crippen LogP contribution in [0.25, 0.3) is 21.3 Å². The van der Waals surface area contributed by atoms with E-state index < -0.39 is 0 Å². The summed E-state index contributed by atoms with van der Waals surface area (Å²) in [4.78, 5) is 0. The number of thiophene rings is 1. The van der Waals surface area contributed by atoms with Crippen LogP contribution in [-0.2, 0) is 7.05 Å². The predicted octanol–water partition coefficient (Wildman–Crippen LogP) is 4.26. The average Bonchev–Trinajstić information content (AvgIpc) is 3.09. The molecular weight excluding hydrogens is 325 g/mol. The van der Waals surface area contributed by atoms with Crippen LogP contribution in [0.4, 0.5) is 4.39 Å². The van der Waals surface area contributed by atoms with Gasteiger partial charge in [-0.1, -0.05) is 19.1 Å². The number of aromatic nitrogens is 2. The molecule has 3 rings (SSSR count). The lowest BCUT2D eigenvalue weighted by Gasteiger charge is -2.14. The Morgan fingerprint density at radius 2 is 2.17 bits per heavy atom. The van der Waals surface area contributed by atoms with Crippen LogP contribution in [0.15, 0.2) is 23.6 Å². The summed E-state index contributed by atoms with van der Waals surface area (Å²) < 4.78 is 23.1. The number of halogens is 1. The fourth-order valence-corrected chi connectivity index (χ4v) is 3.87. The van der Waals surface area contributed by atoms with E-state index in [1.54, 1.807) is 10.7 Å². The van der Waals surface area contributed by atoms with E-state index in [0.29, 0.717) is 18.0 Å². The highest BCUT2D eigenvalue weighted by Crippen LogP contribution is 2.40. The first-order valence-electron chi connectivity index (χ1n) is 8.12. The summed E-state index contributed by atoms with van der Waals surface area (Å²) >= 11 is 1.53. The van der Waals surface area contributed by atoms with E-state index in [1.807, 2.05) is 31.5 Å². The van der Waals surface area contributed by atoms with Gasteiger partial charge in [-0.3, -0.25) is 4.68 Å². The van der Waals surface area contributed by atoms with Crippen LogP contribution < -0.4 is 10.5 Å². The Hall–Kier alpha value is -1.92. The standard InChI is InChI=1S/C18H22FN3OS/c1-4-12(7-8-20)23-18-17-16(22(3)21-18)14(10-24-17)13-6-5-11(2)9-15(13)19/h5-6,9-10,12H,4,7-8,20H2,1-3H3. The Bertz CT molecular complexity index is 855. The van der Waals surface area contributed by atoms with Gasteiger partial charge in [-0.25, -0.2) is 4.39 Å². The molecule has 1 atom stereocenters. The number of nitrogens with two attached hydrogens (primary N) is 1. The molecule has 0 amide bonds. The molecule has 4 nitrogen and oxygen atoms in total. The number of hydrogen-bond donors (Lipinski definition) is 1. The van der Waals surface area contributed by atoms with Gasteiger partial charge < -0.3 is 10.5 Å². The Morgan fingerprint density at radius 3 is 2.83 bits per heavy atom. The van der Waals surface area contributed by atoms with Crippen molar-refractivity contribution in [3.8, 4) is 17.0 Å². The van der Waals surface area contributed by atoms with Gasteiger partial charge in [0.25, 0.3) is 5.88 Å². The maximum atomic E-state index is 14.4. The van der Waals surface area contributed by atoms with Gasteiger partial charge in [0.05, 0.1) is 5.52 Å². The van der Waals surface area contributed by atoms with Crippen molar-refractivity contribution >= 4 is 21.6 Å². The van der Waals surface area contributed by atoms with Gasteiger partial charge in [-0.2, -0.15) is 0 Å². The lowest BCUT2D eigenvalue weighted by molar-refractivity contribution is 0.183. The van der Waals surface area contributed by atoms with Crippen LogP contribution in [0.5, 0.6) is 5.88 Å². The zero-order valence-corrected chi connectivity index (χ0v) is 15.0. The molecule has 0 aliphatic rings. The van der Waals surface area contributed by atoms with Gasteiger partial charge in [-0.15, -0.1) is 16.4 Å². The van der Waals surface area contributed by atoms with Crippen molar-refractivity contribution in [1.82, 2.24) is 9.78 Å². The molecule has 0 saturated carbocycles. The van der Waals surface area contributed by atoms with Gasteiger partial charge in [-0.05, 0) is 37.9 Å². The van der Waals surface area contributed by atoms with Crippen molar-refractivity contribution in [2.75, 3.05) is 6.54 Å². The van der Waals surface area contributed by atoms with Gasteiger partial charge in [0.2, 0.25) is 0 Å². The number of aryl methyl sites for hydroxylation is 2.